The Hall–Kier alpha value is -1.58. The maximum absolute atomic E-state index is 6.22. The normalized spacial score (nSPS) is 10.4. The molecule has 0 saturated heterocycles. The third kappa shape index (κ3) is 3.94. The lowest BCUT2D eigenvalue weighted by Gasteiger charge is -2.13. The van der Waals surface area contributed by atoms with Crippen LogP contribution in [-0.4, -0.2) is 11.5 Å². The Kier molecular flexibility index (Phi) is 5.19. The van der Waals surface area contributed by atoms with Crippen LogP contribution in [-0.2, 0) is 13.2 Å². The molecule has 0 bridgehead atoms. The van der Waals surface area contributed by atoms with Crippen LogP contribution in [0.5, 0.6) is 5.75 Å². The Bertz CT molecular complexity index is 517. The minimum Gasteiger partial charge on any atom is -0.489 e. The molecular formula is C15H17ClN2O. The zero-order chi connectivity index (χ0) is 13.5. The van der Waals surface area contributed by atoms with Crippen LogP contribution in [0.25, 0.3) is 0 Å². The fraction of sp³-hybridized carbons (Fsp3) is 0.267. The quantitative estimate of drug-likeness (QED) is 0.878. The molecule has 0 amide bonds. The first-order valence-electron chi connectivity index (χ1n) is 6.31. The summed E-state index contributed by atoms with van der Waals surface area (Å²) >= 11 is 6.22. The van der Waals surface area contributed by atoms with E-state index in [2.05, 4.69) is 17.2 Å². The molecule has 0 fully saturated rings. The zero-order valence-electron chi connectivity index (χ0n) is 10.9. The fourth-order valence-corrected chi connectivity index (χ4v) is 1.97. The highest BCUT2D eigenvalue weighted by atomic mass is 35.5. The number of pyridine rings is 1. The molecule has 1 aromatic carbocycles. The summed E-state index contributed by atoms with van der Waals surface area (Å²) in [5.41, 5.74) is 2.09. The summed E-state index contributed by atoms with van der Waals surface area (Å²) in [6, 6.07) is 9.61. The predicted octanol–water partition coefficient (Wildman–Crippen LogP) is 3.42. The van der Waals surface area contributed by atoms with E-state index < -0.39 is 0 Å². The summed E-state index contributed by atoms with van der Waals surface area (Å²) in [5.74, 6) is 0.824. The van der Waals surface area contributed by atoms with Gasteiger partial charge in [0, 0.05) is 29.5 Å². The van der Waals surface area contributed by atoms with Gasteiger partial charge in [-0.2, -0.15) is 0 Å². The molecule has 4 heteroatoms. The molecule has 1 N–H and O–H groups in total. The molecule has 0 aliphatic heterocycles. The monoisotopic (exact) mass is 276 g/mol. The number of nitrogens with zero attached hydrogens (tertiary/aromatic N) is 1. The van der Waals surface area contributed by atoms with Crippen molar-refractivity contribution >= 4 is 11.6 Å². The third-order valence-electron chi connectivity index (χ3n) is 2.77. The second-order valence-electron chi connectivity index (χ2n) is 4.14. The summed E-state index contributed by atoms with van der Waals surface area (Å²) in [6.45, 7) is 4.19. The average Bonchev–Trinajstić information content (AvgIpc) is 2.45. The first kappa shape index (κ1) is 13.8. The lowest BCUT2D eigenvalue weighted by molar-refractivity contribution is 0.302. The fourth-order valence-electron chi connectivity index (χ4n) is 1.74. The minimum absolute atomic E-state index is 0.516. The van der Waals surface area contributed by atoms with Crippen molar-refractivity contribution in [1.29, 1.82) is 0 Å². The lowest BCUT2D eigenvalue weighted by Crippen LogP contribution is -2.13. The number of halogens is 1. The lowest BCUT2D eigenvalue weighted by atomic mass is 10.2. The largest absolute Gasteiger partial charge is 0.489 e. The van der Waals surface area contributed by atoms with Gasteiger partial charge in [0.1, 0.15) is 12.4 Å². The molecule has 2 aromatic rings. The molecule has 0 radical (unpaired) electrons. The van der Waals surface area contributed by atoms with Crippen LogP contribution in [0, 0.1) is 0 Å². The van der Waals surface area contributed by atoms with E-state index in [0.29, 0.717) is 13.2 Å². The van der Waals surface area contributed by atoms with Crippen molar-refractivity contribution in [1.82, 2.24) is 10.3 Å². The Morgan fingerprint density at radius 2 is 2.00 bits per heavy atom. The Morgan fingerprint density at radius 1 is 1.21 bits per heavy atom. The number of hydrogen-bond acceptors (Lipinski definition) is 3. The van der Waals surface area contributed by atoms with Crippen LogP contribution in [0.1, 0.15) is 18.1 Å². The van der Waals surface area contributed by atoms with Gasteiger partial charge in [-0.15, -0.1) is 0 Å². The van der Waals surface area contributed by atoms with E-state index in [0.717, 1.165) is 28.4 Å². The van der Waals surface area contributed by atoms with E-state index in [1.165, 1.54) is 0 Å². The Morgan fingerprint density at radius 3 is 2.74 bits per heavy atom. The highest BCUT2D eigenvalue weighted by Gasteiger charge is 2.07. The van der Waals surface area contributed by atoms with Crippen LogP contribution in [0.4, 0.5) is 0 Å². The third-order valence-corrected chi connectivity index (χ3v) is 3.13. The van der Waals surface area contributed by atoms with Gasteiger partial charge in [-0.1, -0.05) is 24.6 Å². The van der Waals surface area contributed by atoms with Crippen molar-refractivity contribution < 1.29 is 4.74 Å². The maximum atomic E-state index is 6.22. The smallest absolute Gasteiger partial charge is 0.125 e. The maximum Gasteiger partial charge on any atom is 0.125 e. The molecule has 1 heterocycles. The molecule has 3 nitrogen and oxygen atoms in total. The Balaban J connectivity index is 2.09. The van der Waals surface area contributed by atoms with Gasteiger partial charge in [-0.25, -0.2) is 0 Å². The van der Waals surface area contributed by atoms with Gasteiger partial charge in [-0.3, -0.25) is 4.98 Å². The van der Waals surface area contributed by atoms with E-state index in [1.54, 1.807) is 12.4 Å². The summed E-state index contributed by atoms with van der Waals surface area (Å²) < 4.78 is 5.85. The molecule has 19 heavy (non-hydrogen) atoms. The van der Waals surface area contributed by atoms with Crippen LogP contribution in [0.2, 0.25) is 5.02 Å². The zero-order valence-corrected chi connectivity index (χ0v) is 11.7. The van der Waals surface area contributed by atoms with E-state index >= 15 is 0 Å². The Labute approximate surface area is 118 Å². The van der Waals surface area contributed by atoms with Gasteiger partial charge in [0.25, 0.3) is 0 Å². The van der Waals surface area contributed by atoms with E-state index in [9.17, 15) is 0 Å². The van der Waals surface area contributed by atoms with Gasteiger partial charge in [0.05, 0.1) is 0 Å². The van der Waals surface area contributed by atoms with Crippen molar-refractivity contribution in [2.75, 3.05) is 6.54 Å². The van der Waals surface area contributed by atoms with Gasteiger partial charge >= 0.3 is 0 Å². The summed E-state index contributed by atoms with van der Waals surface area (Å²) in [6.07, 6.45) is 3.52. The second kappa shape index (κ2) is 7.12. The number of ether oxygens (including phenoxy) is 1. The van der Waals surface area contributed by atoms with E-state index in [-0.39, 0.29) is 0 Å². The van der Waals surface area contributed by atoms with Crippen molar-refractivity contribution in [2.45, 2.75) is 20.1 Å². The minimum atomic E-state index is 0.516. The predicted molar refractivity (Wildman–Crippen MR) is 77.4 cm³/mol. The molecule has 0 spiro atoms. The van der Waals surface area contributed by atoms with Gasteiger partial charge in [-0.05, 0) is 36.4 Å². The van der Waals surface area contributed by atoms with Gasteiger partial charge in [0.2, 0.25) is 0 Å². The number of hydrogen-bond donors (Lipinski definition) is 1. The van der Waals surface area contributed by atoms with Crippen LogP contribution < -0.4 is 10.1 Å². The number of rotatable bonds is 6. The van der Waals surface area contributed by atoms with Crippen molar-refractivity contribution in [3.8, 4) is 5.75 Å². The van der Waals surface area contributed by atoms with Gasteiger partial charge in [0.15, 0.2) is 0 Å². The number of aromatic nitrogens is 1. The highest BCUT2D eigenvalue weighted by Crippen LogP contribution is 2.27. The molecule has 0 aliphatic carbocycles. The first-order chi connectivity index (χ1) is 9.31. The summed E-state index contributed by atoms with van der Waals surface area (Å²) in [5, 5.41) is 4.00. The molecule has 2 rings (SSSR count). The van der Waals surface area contributed by atoms with E-state index in [4.69, 9.17) is 16.3 Å². The second-order valence-corrected chi connectivity index (χ2v) is 4.55. The molecule has 100 valence electrons. The molecule has 0 saturated carbocycles. The number of benzene rings is 1. The number of nitrogens with one attached hydrogen (secondary N) is 1. The van der Waals surface area contributed by atoms with Crippen LogP contribution in [0.15, 0.2) is 42.7 Å². The molecule has 0 atom stereocenters. The van der Waals surface area contributed by atoms with Crippen LogP contribution >= 0.6 is 11.6 Å². The molecule has 0 unspecified atom stereocenters. The van der Waals surface area contributed by atoms with Crippen molar-refractivity contribution in [3.63, 3.8) is 0 Å². The first-order valence-corrected chi connectivity index (χ1v) is 6.69. The van der Waals surface area contributed by atoms with E-state index in [1.807, 2.05) is 30.3 Å². The SMILES string of the molecule is CCNCc1c(Cl)cccc1OCc1ccncc1. The van der Waals surface area contributed by atoms with Crippen molar-refractivity contribution in [3.05, 3.63) is 58.9 Å². The standard InChI is InChI=1S/C15H17ClN2O/c1-2-17-10-13-14(16)4-3-5-15(13)19-11-12-6-8-18-9-7-12/h3-9,17H,2,10-11H2,1H3. The molecular weight excluding hydrogens is 260 g/mol. The topological polar surface area (TPSA) is 34.1 Å². The summed E-state index contributed by atoms with van der Waals surface area (Å²) in [4.78, 5) is 3.99. The molecule has 0 aliphatic rings. The average molecular weight is 277 g/mol. The summed E-state index contributed by atoms with van der Waals surface area (Å²) in [7, 11) is 0. The van der Waals surface area contributed by atoms with Gasteiger partial charge < -0.3 is 10.1 Å². The molecule has 1 aromatic heterocycles. The van der Waals surface area contributed by atoms with Crippen molar-refractivity contribution in [2.24, 2.45) is 0 Å². The van der Waals surface area contributed by atoms with Crippen LogP contribution in [0.3, 0.4) is 0 Å². The highest BCUT2D eigenvalue weighted by molar-refractivity contribution is 6.31.